The molecule has 0 N–H and O–H groups in total. The van der Waals surface area contributed by atoms with E-state index in [0.717, 1.165) is 12.8 Å². The van der Waals surface area contributed by atoms with Gasteiger partial charge in [-0.3, -0.25) is 9.53 Å². The Morgan fingerprint density at radius 1 is 1.22 bits per heavy atom. The molecule has 0 spiro atoms. The van der Waals surface area contributed by atoms with E-state index in [2.05, 4.69) is 4.74 Å². The number of unbranched alkanes of at least 4 members (excludes halogenated alkanes) is 2. The van der Waals surface area contributed by atoms with Gasteiger partial charge in [-0.15, -0.1) is 13.2 Å². The minimum Gasteiger partial charge on any atom is -0.463 e. The van der Waals surface area contributed by atoms with Crippen LogP contribution in [0.25, 0.3) is 0 Å². The Bertz CT molecular complexity index is 239. The second-order valence-corrected chi connectivity index (χ2v) is 4.44. The fourth-order valence-corrected chi connectivity index (χ4v) is 1.43. The molecule has 18 heavy (non-hydrogen) atoms. The Labute approximate surface area is 106 Å². The van der Waals surface area contributed by atoms with Crippen LogP contribution in [0.5, 0.6) is 0 Å². The number of esters is 1. The van der Waals surface area contributed by atoms with Crippen LogP contribution in [0.15, 0.2) is 0 Å². The third-order valence-electron chi connectivity index (χ3n) is 2.29. The number of hydrogen-bond donors (Lipinski definition) is 0. The van der Waals surface area contributed by atoms with E-state index in [1.807, 2.05) is 6.92 Å². The Kier molecular flexibility index (Phi) is 7.98. The third-order valence-corrected chi connectivity index (χ3v) is 2.29. The largest absolute Gasteiger partial charge is 0.522 e. The Hall–Kier alpha value is -0.780. The number of ether oxygens (including phenoxy) is 2. The first-order chi connectivity index (χ1) is 8.26. The number of rotatable bonds is 8. The van der Waals surface area contributed by atoms with E-state index in [9.17, 15) is 18.0 Å². The zero-order chi connectivity index (χ0) is 14.2. The van der Waals surface area contributed by atoms with Crippen LogP contribution in [0, 0.1) is 5.92 Å². The lowest BCUT2D eigenvalue weighted by Crippen LogP contribution is -2.28. The van der Waals surface area contributed by atoms with Crippen LogP contribution in [-0.2, 0) is 14.3 Å². The van der Waals surface area contributed by atoms with Gasteiger partial charge < -0.3 is 4.74 Å². The van der Waals surface area contributed by atoms with Gasteiger partial charge >= 0.3 is 12.3 Å². The van der Waals surface area contributed by atoms with Gasteiger partial charge in [-0.25, -0.2) is 0 Å². The summed E-state index contributed by atoms with van der Waals surface area (Å²) >= 11 is 0. The summed E-state index contributed by atoms with van der Waals surface area (Å²) in [5, 5.41) is 0. The summed E-state index contributed by atoms with van der Waals surface area (Å²) in [7, 11) is 0. The highest BCUT2D eigenvalue weighted by Crippen LogP contribution is 2.21. The number of halogens is 3. The fraction of sp³-hybridized carbons (Fsp3) is 0.917. The molecule has 3 nitrogen and oxygen atoms in total. The second kappa shape index (κ2) is 8.34. The van der Waals surface area contributed by atoms with Crippen LogP contribution >= 0.6 is 0 Å². The van der Waals surface area contributed by atoms with Gasteiger partial charge in [0.1, 0.15) is 0 Å². The maximum atomic E-state index is 12.0. The van der Waals surface area contributed by atoms with Crippen molar-refractivity contribution >= 4 is 5.97 Å². The molecule has 0 bridgehead atoms. The van der Waals surface area contributed by atoms with Crippen molar-refractivity contribution in [1.82, 2.24) is 0 Å². The smallest absolute Gasteiger partial charge is 0.463 e. The van der Waals surface area contributed by atoms with Gasteiger partial charge in [-0.05, 0) is 20.3 Å². The maximum absolute atomic E-state index is 12.0. The van der Waals surface area contributed by atoms with Crippen LogP contribution in [0.4, 0.5) is 13.2 Å². The van der Waals surface area contributed by atoms with E-state index < -0.39 is 24.9 Å². The molecule has 0 aromatic heterocycles. The maximum Gasteiger partial charge on any atom is 0.522 e. The molecule has 6 heteroatoms. The van der Waals surface area contributed by atoms with E-state index in [0.29, 0.717) is 12.8 Å². The van der Waals surface area contributed by atoms with Crippen molar-refractivity contribution in [3.63, 3.8) is 0 Å². The molecule has 1 unspecified atom stereocenters. The summed E-state index contributed by atoms with van der Waals surface area (Å²) in [6.07, 6.45) is -2.19. The topological polar surface area (TPSA) is 35.5 Å². The molecule has 0 aromatic carbocycles. The first-order valence-corrected chi connectivity index (χ1v) is 6.17. The van der Waals surface area contributed by atoms with Crippen LogP contribution < -0.4 is 0 Å². The lowest BCUT2D eigenvalue weighted by molar-refractivity contribution is -0.328. The van der Waals surface area contributed by atoms with Crippen molar-refractivity contribution in [1.29, 1.82) is 0 Å². The Balaban J connectivity index is 4.27. The summed E-state index contributed by atoms with van der Waals surface area (Å²) in [5.74, 6) is -1.47. The first kappa shape index (κ1) is 17.2. The second-order valence-electron chi connectivity index (χ2n) is 4.44. The van der Waals surface area contributed by atoms with E-state index >= 15 is 0 Å². The highest BCUT2D eigenvalue weighted by Gasteiger charge is 2.32. The molecule has 0 aliphatic carbocycles. The SMILES string of the molecule is CCCCCC(COC(F)(F)F)C(=O)OC(C)C. The average Bonchev–Trinajstić information content (AvgIpc) is 2.20. The van der Waals surface area contributed by atoms with Gasteiger partial charge in [0.25, 0.3) is 0 Å². The van der Waals surface area contributed by atoms with Crippen LogP contribution in [0.2, 0.25) is 0 Å². The number of hydrogen-bond acceptors (Lipinski definition) is 3. The summed E-state index contributed by atoms with van der Waals surface area (Å²) in [6.45, 7) is 4.63. The molecule has 0 amide bonds. The predicted octanol–water partition coefficient (Wildman–Crippen LogP) is 3.67. The summed E-state index contributed by atoms with van der Waals surface area (Å²) in [4.78, 5) is 11.6. The van der Waals surface area contributed by atoms with Crippen LogP contribution in [-0.4, -0.2) is 25.0 Å². The Morgan fingerprint density at radius 3 is 2.28 bits per heavy atom. The van der Waals surface area contributed by atoms with E-state index in [1.165, 1.54) is 0 Å². The lowest BCUT2D eigenvalue weighted by atomic mass is 10.0. The van der Waals surface area contributed by atoms with Gasteiger partial charge in [0.2, 0.25) is 0 Å². The van der Waals surface area contributed by atoms with Crippen molar-refractivity contribution in [2.75, 3.05) is 6.61 Å². The quantitative estimate of drug-likeness (QED) is 0.498. The highest BCUT2D eigenvalue weighted by atomic mass is 19.4. The van der Waals surface area contributed by atoms with Crippen molar-refractivity contribution in [2.45, 2.75) is 58.9 Å². The van der Waals surface area contributed by atoms with E-state index in [1.54, 1.807) is 13.8 Å². The zero-order valence-corrected chi connectivity index (χ0v) is 11.0. The van der Waals surface area contributed by atoms with Gasteiger partial charge in [0, 0.05) is 0 Å². The van der Waals surface area contributed by atoms with E-state index in [-0.39, 0.29) is 6.10 Å². The van der Waals surface area contributed by atoms with Gasteiger partial charge in [-0.2, -0.15) is 0 Å². The molecule has 0 rings (SSSR count). The summed E-state index contributed by atoms with van der Waals surface area (Å²) in [6, 6.07) is 0. The minimum absolute atomic E-state index is 0.336. The van der Waals surface area contributed by atoms with Crippen molar-refractivity contribution < 1.29 is 27.4 Å². The minimum atomic E-state index is -4.71. The first-order valence-electron chi connectivity index (χ1n) is 6.17. The molecule has 108 valence electrons. The highest BCUT2D eigenvalue weighted by molar-refractivity contribution is 5.72. The van der Waals surface area contributed by atoms with Crippen LogP contribution in [0.3, 0.4) is 0 Å². The normalized spacial score (nSPS) is 13.7. The molecular formula is C12H21F3O3. The number of carbonyl (C=O) groups is 1. The third kappa shape index (κ3) is 9.27. The molecule has 0 fully saturated rings. The standard InChI is InChI=1S/C12H21F3O3/c1-4-5-6-7-10(8-17-12(13,14)15)11(16)18-9(2)3/h9-10H,4-8H2,1-3H3. The van der Waals surface area contributed by atoms with Gasteiger partial charge in [0.05, 0.1) is 18.6 Å². The Morgan fingerprint density at radius 2 is 1.83 bits per heavy atom. The number of carbonyl (C=O) groups excluding carboxylic acids is 1. The van der Waals surface area contributed by atoms with Crippen LogP contribution in [0.1, 0.15) is 46.5 Å². The van der Waals surface area contributed by atoms with Gasteiger partial charge in [-0.1, -0.05) is 26.2 Å². The molecule has 0 saturated heterocycles. The van der Waals surface area contributed by atoms with Crippen molar-refractivity contribution in [3.8, 4) is 0 Å². The molecule has 0 heterocycles. The summed E-state index contributed by atoms with van der Waals surface area (Å²) < 4.78 is 44.5. The lowest BCUT2D eigenvalue weighted by Gasteiger charge is -2.18. The monoisotopic (exact) mass is 270 g/mol. The summed E-state index contributed by atoms with van der Waals surface area (Å²) in [5.41, 5.74) is 0. The van der Waals surface area contributed by atoms with Gasteiger partial charge in [0.15, 0.2) is 0 Å². The van der Waals surface area contributed by atoms with E-state index in [4.69, 9.17) is 4.74 Å². The number of alkyl halides is 3. The van der Waals surface area contributed by atoms with Crippen molar-refractivity contribution in [2.24, 2.45) is 5.92 Å². The van der Waals surface area contributed by atoms with Crippen molar-refractivity contribution in [3.05, 3.63) is 0 Å². The average molecular weight is 270 g/mol. The molecule has 0 aliphatic rings. The molecule has 0 aliphatic heterocycles. The molecule has 0 aromatic rings. The predicted molar refractivity (Wildman–Crippen MR) is 60.9 cm³/mol. The zero-order valence-electron chi connectivity index (χ0n) is 11.0. The molecule has 0 radical (unpaired) electrons. The molecular weight excluding hydrogens is 249 g/mol. The molecule has 0 saturated carbocycles. The fourth-order valence-electron chi connectivity index (χ4n) is 1.43. The molecule has 1 atom stereocenters.